The summed E-state index contributed by atoms with van der Waals surface area (Å²) in [5.41, 5.74) is 0. The summed E-state index contributed by atoms with van der Waals surface area (Å²) in [6.45, 7) is 0.336. The van der Waals surface area contributed by atoms with Crippen molar-refractivity contribution in [1.82, 2.24) is 10.2 Å². The van der Waals surface area contributed by atoms with Crippen molar-refractivity contribution in [2.24, 2.45) is 0 Å². The zero-order valence-electron chi connectivity index (χ0n) is 10.6. The molecule has 0 aromatic heterocycles. The molecule has 0 saturated heterocycles. The Morgan fingerprint density at radius 1 is 1.17 bits per heavy atom. The zero-order valence-corrected chi connectivity index (χ0v) is 10.6. The molecule has 0 radical (unpaired) electrons. The van der Waals surface area contributed by atoms with Gasteiger partial charge in [-0.3, -0.25) is 0 Å². The van der Waals surface area contributed by atoms with Crippen LogP contribution < -0.4 is 5.32 Å². The summed E-state index contributed by atoms with van der Waals surface area (Å²) < 4.78 is 0. The molecule has 0 saturated carbocycles. The standard InChI is InChI=1S/C11H22N2O5/c1-13(6-3-2-4-7-14)11(18)12-9(5-8-15)10(16)17/h9,14-15H,2-8H2,1H3,(H,12,18)(H,16,17)/t9-/m0/s1. The molecule has 0 rings (SSSR count). The highest BCUT2D eigenvalue weighted by molar-refractivity contribution is 5.82. The lowest BCUT2D eigenvalue weighted by molar-refractivity contribution is -0.139. The van der Waals surface area contributed by atoms with Crippen molar-refractivity contribution >= 4 is 12.0 Å². The number of aliphatic carboxylic acids is 1. The molecule has 0 aromatic carbocycles. The molecule has 0 aliphatic carbocycles. The van der Waals surface area contributed by atoms with Gasteiger partial charge in [-0.05, 0) is 19.3 Å². The molecule has 18 heavy (non-hydrogen) atoms. The van der Waals surface area contributed by atoms with Gasteiger partial charge >= 0.3 is 12.0 Å². The lowest BCUT2D eigenvalue weighted by Crippen LogP contribution is -2.47. The first-order valence-electron chi connectivity index (χ1n) is 5.99. The van der Waals surface area contributed by atoms with Gasteiger partial charge in [0.05, 0.1) is 0 Å². The minimum Gasteiger partial charge on any atom is -0.480 e. The van der Waals surface area contributed by atoms with Gasteiger partial charge in [-0.25, -0.2) is 9.59 Å². The van der Waals surface area contributed by atoms with Gasteiger partial charge in [0, 0.05) is 33.2 Å². The van der Waals surface area contributed by atoms with Gasteiger partial charge in [-0.2, -0.15) is 0 Å². The normalized spacial score (nSPS) is 11.9. The Labute approximate surface area is 106 Å². The maximum absolute atomic E-state index is 11.6. The Kier molecular flexibility index (Phi) is 8.95. The van der Waals surface area contributed by atoms with Crippen molar-refractivity contribution in [3.63, 3.8) is 0 Å². The molecule has 0 aliphatic heterocycles. The Morgan fingerprint density at radius 2 is 1.83 bits per heavy atom. The van der Waals surface area contributed by atoms with E-state index in [1.165, 1.54) is 4.90 Å². The number of carbonyl (C=O) groups excluding carboxylic acids is 1. The second kappa shape index (κ2) is 9.67. The first-order valence-corrected chi connectivity index (χ1v) is 5.99. The number of aliphatic hydroxyl groups excluding tert-OH is 2. The van der Waals surface area contributed by atoms with Gasteiger partial charge in [0.25, 0.3) is 0 Å². The van der Waals surface area contributed by atoms with Crippen LogP contribution in [0.1, 0.15) is 25.7 Å². The van der Waals surface area contributed by atoms with Crippen molar-refractivity contribution in [2.75, 3.05) is 26.8 Å². The number of rotatable bonds is 9. The summed E-state index contributed by atoms with van der Waals surface area (Å²) >= 11 is 0. The van der Waals surface area contributed by atoms with Crippen LogP contribution in [0.3, 0.4) is 0 Å². The number of unbranched alkanes of at least 4 members (excludes halogenated alkanes) is 2. The molecule has 0 heterocycles. The van der Waals surface area contributed by atoms with Gasteiger partial charge in [-0.1, -0.05) is 0 Å². The van der Waals surface area contributed by atoms with E-state index in [4.69, 9.17) is 15.3 Å². The quantitative estimate of drug-likeness (QED) is 0.424. The molecule has 7 heteroatoms. The van der Waals surface area contributed by atoms with Crippen molar-refractivity contribution < 1.29 is 24.9 Å². The molecule has 4 N–H and O–H groups in total. The lowest BCUT2D eigenvalue weighted by Gasteiger charge is -2.21. The van der Waals surface area contributed by atoms with Crippen LogP contribution >= 0.6 is 0 Å². The summed E-state index contributed by atoms with van der Waals surface area (Å²) in [5, 5.41) is 28.4. The van der Waals surface area contributed by atoms with Gasteiger partial charge in [-0.15, -0.1) is 0 Å². The number of carboxylic acids is 1. The Morgan fingerprint density at radius 3 is 2.33 bits per heavy atom. The number of amides is 2. The molecule has 1 atom stereocenters. The average molecular weight is 262 g/mol. The second-order valence-electron chi connectivity index (χ2n) is 4.06. The van der Waals surface area contributed by atoms with Crippen LogP contribution in [0.4, 0.5) is 4.79 Å². The summed E-state index contributed by atoms with van der Waals surface area (Å²) in [4.78, 5) is 23.8. The fraction of sp³-hybridized carbons (Fsp3) is 0.818. The monoisotopic (exact) mass is 262 g/mol. The predicted molar refractivity (Wildman–Crippen MR) is 65.2 cm³/mol. The fourth-order valence-electron chi connectivity index (χ4n) is 1.38. The first-order chi connectivity index (χ1) is 8.52. The summed E-state index contributed by atoms with van der Waals surface area (Å²) in [6.07, 6.45) is 2.24. The second-order valence-corrected chi connectivity index (χ2v) is 4.06. The van der Waals surface area contributed by atoms with E-state index in [-0.39, 0.29) is 19.6 Å². The maximum Gasteiger partial charge on any atom is 0.326 e. The number of urea groups is 1. The molecule has 0 aromatic rings. The Hall–Kier alpha value is -1.34. The Balaban J connectivity index is 4.00. The molecule has 0 spiro atoms. The topological polar surface area (TPSA) is 110 Å². The number of carbonyl (C=O) groups is 2. The number of nitrogens with one attached hydrogen (secondary N) is 1. The number of nitrogens with zero attached hydrogens (tertiary/aromatic N) is 1. The minimum atomic E-state index is -1.16. The third kappa shape index (κ3) is 7.08. The van der Waals surface area contributed by atoms with Crippen LogP contribution in [-0.2, 0) is 4.79 Å². The summed E-state index contributed by atoms with van der Waals surface area (Å²) in [6, 6.07) is -1.54. The van der Waals surface area contributed by atoms with Crippen molar-refractivity contribution in [3.8, 4) is 0 Å². The van der Waals surface area contributed by atoms with Crippen LogP contribution in [0.15, 0.2) is 0 Å². The van der Waals surface area contributed by atoms with E-state index in [1.54, 1.807) is 7.05 Å². The Bertz CT molecular complexity index is 260. The molecule has 0 unspecified atom stereocenters. The van der Waals surface area contributed by atoms with Crippen LogP contribution in [0.2, 0.25) is 0 Å². The van der Waals surface area contributed by atoms with Gasteiger partial charge in [0.2, 0.25) is 0 Å². The number of carboxylic acid groups (broad SMARTS) is 1. The number of hydrogen-bond donors (Lipinski definition) is 4. The zero-order chi connectivity index (χ0) is 14.0. The molecule has 0 fully saturated rings. The van der Waals surface area contributed by atoms with Crippen molar-refractivity contribution in [1.29, 1.82) is 0 Å². The fourth-order valence-corrected chi connectivity index (χ4v) is 1.38. The SMILES string of the molecule is CN(CCCCCO)C(=O)N[C@@H](CCO)C(=O)O. The van der Waals surface area contributed by atoms with Crippen LogP contribution in [0.25, 0.3) is 0 Å². The van der Waals surface area contributed by atoms with Crippen LogP contribution in [-0.4, -0.2) is 65.1 Å². The van der Waals surface area contributed by atoms with Gasteiger partial charge in [0.1, 0.15) is 6.04 Å². The van der Waals surface area contributed by atoms with Crippen molar-refractivity contribution in [2.45, 2.75) is 31.7 Å². The highest BCUT2D eigenvalue weighted by Crippen LogP contribution is 1.99. The molecule has 2 amide bonds. The summed E-state index contributed by atoms with van der Waals surface area (Å²) in [7, 11) is 1.58. The largest absolute Gasteiger partial charge is 0.480 e. The molecule has 7 nitrogen and oxygen atoms in total. The highest BCUT2D eigenvalue weighted by atomic mass is 16.4. The van der Waals surface area contributed by atoms with E-state index < -0.39 is 18.0 Å². The van der Waals surface area contributed by atoms with E-state index in [0.717, 1.165) is 12.8 Å². The molecule has 0 aliphatic rings. The number of hydrogen-bond acceptors (Lipinski definition) is 4. The molecule has 0 bridgehead atoms. The third-order valence-corrected chi connectivity index (χ3v) is 2.51. The van der Waals surface area contributed by atoms with Crippen molar-refractivity contribution in [3.05, 3.63) is 0 Å². The minimum absolute atomic E-state index is 0.0145. The molecule has 106 valence electrons. The maximum atomic E-state index is 11.6. The van der Waals surface area contributed by atoms with Gasteiger partial charge in [0.15, 0.2) is 0 Å². The van der Waals surface area contributed by atoms with Gasteiger partial charge < -0.3 is 25.5 Å². The first kappa shape index (κ1) is 16.7. The number of aliphatic hydroxyl groups is 2. The third-order valence-electron chi connectivity index (χ3n) is 2.51. The summed E-state index contributed by atoms with van der Waals surface area (Å²) in [5.74, 6) is -1.16. The average Bonchev–Trinajstić information content (AvgIpc) is 2.33. The van der Waals surface area contributed by atoms with E-state index in [2.05, 4.69) is 5.32 Å². The van der Waals surface area contributed by atoms with Crippen LogP contribution in [0.5, 0.6) is 0 Å². The van der Waals surface area contributed by atoms with E-state index in [0.29, 0.717) is 13.0 Å². The van der Waals surface area contributed by atoms with E-state index in [1.807, 2.05) is 0 Å². The van der Waals surface area contributed by atoms with E-state index >= 15 is 0 Å². The van der Waals surface area contributed by atoms with Crippen LogP contribution in [0, 0.1) is 0 Å². The smallest absolute Gasteiger partial charge is 0.326 e. The highest BCUT2D eigenvalue weighted by Gasteiger charge is 2.20. The van der Waals surface area contributed by atoms with E-state index in [9.17, 15) is 9.59 Å². The predicted octanol–water partition coefficient (Wildman–Crippen LogP) is -0.374. The molecular formula is C11H22N2O5. The molecular weight excluding hydrogens is 240 g/mol. The lowest BCUT2D eigenvalue weighted by atomic mass is 10.2.